The Morgan fingerprint density at radius 1 is 0.935 bits per heavy atom. The first-order valence-corrected chi connectivity index (χ1v) is 14.7. The van der Waals surface area contributed by atoms with Crippen LogP contribution in [-0.2, 0) is 14.3 Å². The Kier molecular flexibility index (Phi) is 7.21. The molecule has 5 nitrogen and oxygen atoms in total. The van der Waals surface area contributed by atoms with Gasteiger partial charge in [0, 0.05) is 14.0 Å². The molecule has 0 aromatic heterocycles. The number of nitrogens with one attached hydrogen (secondary N) is 1. The van der Waals surface area contributed by atoms with Crippen molar-refractivity contribution in [1.82, 2.24) is 5.32 Å². The van der Waals surface area contributed by atoms with Crippen LogP contribution >= 0.6 is 0 Å². The van der Waals surface area contributed by atoms with Gasteiger partial charge < -0.3 is 14.8 Å². The van der Waals surface area contributed by atoms with Crippen LogP contribution in [0.25, 0.3) is 11.1 Å². The summed E-state index contributed by atoms with van der Waals surface area (Å²) in [6, 6.07) is 16.6. The molecule has 0 spiro atoms. The van der Waals surface area contributed by atoms with Crippen molar-refractivity contribution >= 4 is 20.1 Å². The number of benzene rings is 2. The molecule has 1 aliphatic rings. The van der Waals surface area contributed by atoms with E-state index in [0.717, 1.165) is 17.2 Å². The van der Waals surface area contributed by atoms with Crippen molar-refractivity contribution in [3.05, 3.63) is 59.7 Å². The summed E-state index contributed by atoms with van der Waals surface area (Å²) in [6.07, 6.45) is -0.595. The number of hydrogen-bond donors (Lipinski definition) is 1. The molecule has 0 saturated carbocycles. The molecule has 1 aliphatic carbocycles. The lowest BCUT2D eigenvalue weighted by Crippen LogP contribution is -2.46. The minimum atomic E-state index is -1.29. The summed E-state index contributed by atoms with van der Waals surface area (Å²) < 4.78 is 11.0. The van der Waals surface area contributed by atoms with E-state index in [9.17, 15) is 9.59 Å². The van der Waals surface area contributed by atoms with Gasteiger partial charge in [-0.3, -0.25) is 0 Å². The normalized spacial score (nSPS) is 14.0. The van der Waals surface area contributed by atoms with Crippen LogP contribution in [0.5, 0.6) is 0 Å². The van der Waals surface area contributed by atoms with E-state index in [-0.39, 0.29) is 18.4 Å². The second-order valence-corrected chi connectivity index (χ2v) is 15.3. The van der Waals surface area contributed by atoms with E-state index < -0.39 is 26.2 Å². The molecule has 1 N–H and O–H groups in total. The maximum Gasteiger partial charge on any atom is 0.407 e. The zero-order valence-electron chi connectivity index (χ0n) is 19.1. The molecule has 3 rings (SSSR count). The molecule has 1 amide bonds. The quantitative estimate of drug-likeness (QED) is 0.440. The van der Waals surface area contributed by atoms with Gasteiger partial charge in [0.05, 0.1) is 6.61 Å². The predicted octanol–water partition coefficient (Wildman–Crippen LogP) is 5.43. The summed E-state index contributed by atoms with van der Waals surface area (Å²) in [5.74, 6) is -0.513. The molecule has 2 aromatic carbocycles. The van der Waals surface area contributed by atoms with Gasteiger partial charge in [0.2, 0.25) is 0 Å². The largest absolute Gasteiger partial charge is 0.464 e. The first-order valence-electron chi connectivity index (χ1n) is 11.0. The lowest BCUT2D eigenvalue weighted by molar-refractivity contribution is -0.146. The third-order valence-electron chi connectivity index (χ3n) is 5.63. The van der Waals surface area contributed by atoms with Crippen LogP contribution in [0.4, 0.5) is 4.79 Å². The van der Waals surface area contributed by atoms with Crippen LogP contribution in [0.1, 0.15) is 30.9 Å². The maximum absolute atomic E-state index is 12.5. The van der Waals surface area contributed by atoms with Crippen LogP contribution in [0.15, 0.2) is 48.5 Å². The van der Waals surface area contributed by atoms with Gasteiger partial charge in [0.25, 0.3) is 0 Å². The van der Waals surface area contributed by atoms with Gasteiger partial charge in [0.15, 0.2) is 0 Å². The van der Waals surface area contributed by atoms with Crippen LogP contribution < -0.4 is 5.32 Å². The van der Waals surface area contributed by atoms with E-state index in [1.54, 1.807) is 0 Å². The van der Waals surface area contributed by atoms with E-state index in [1.165, 1.54) is 11.1 Å². The first-order chi connectivity index (χ1) is 14.7. The SMILES string of the molecule is CC(C)[C@H](NC(=O)OCC1c2ccccc2-c2ccccc21)C(=O)OCC[Si](C)(C)C. The predicted molar refractivity (Wildman–Crippen MR) is 126 cm³/mol. The molecule has 2 aromatic rings. The van der Waals surface area contributed by atoms with E-state index in [1.807, 2.05) is 38.1 Å². The first kappa shape index (κ1) is 23.1. The fourth-order valence-corrected chi connectivity index (χ4v) is 4.53. The standard InChI is InChI=1S/C25H33NO4Si/c1-17(2)23(24(27)29-14-15-31(3,4)5)26-25(28)30-16-22-20-12-8-6-10-18(20)19-11-7-9-13-21(19)22/h6-13,17,22-23H,14-16H2,1-5H3,(H,26,28)/t23-/m0/s1. The molecule has 0 saturated heterocycles. The summed E-state index contributed by atoms with van der Waals surface area (Å²) in [5, 5.41) is 2.71. The van der Waals surface area contributed by atoms with Gasteiger partial charge >= 0.3 is 12.1 Å². The highest BCUT2D eigenvalue weighted by Gasteiger charge is 2.31. The number of alkyl carbamates (subject to hydrolysis) is 1. The molecule has 0 unspecified atom stereocenters. The number of carbonyl (C=O) groups is 2. The van der Waals surface area contributed by atoms with Gasteiger partial charge in [-0.15, -0.1) is 0 Å². The highest BCUT2D eigenvalue weighted by Crippen LogP contribution is 2.44. The Balaban J connectivity index is 1.60. The summed E-state index contributed by atoms with van der Waals surface area (Å²) in [4.78, 5) is 25.1. The molecular formula is C25H33NO4Si. The minimum absolute atomic E-state index is 0.0145. The number of esters is 1. The van der Waals surface area contributed by atoms with E-state index in [4.69, 9.17) is 9.47 Å². The summed E-state index contributed by atoms with van der Waals surface area (Å²) in [7, 11) is -1.29. The highest BCUT2D eigenvalue weighted by atomic mass is 28.3. The summed E-state index contributed by atoms with van der Waals surface area (Å²) in [6.45, 7) is 11.1. The number of hydrogen-bond acceptors (Lipinski definition) is 4. The fourth-order valence-electron chi connectivity index (χ4n) is 3.81. The smallest absolute Gasteiger partial charge is 0.407 e. The van der Waals surface area contributed by atoms with Crippen LogP contribution in [-0.4, -0.2) is 39.4 Å². The Bertz CT molecular complexity index is 890. The zero-order valence-corrected chi connectivity index (χ0v) is 20.1. The fraction of sp³-hybridized carbons (Fsp3) is 0.440. The van der Waals surface area contributed by atoms with Crippen molar-refractivity contribution in [2.24, 2.45) is 5.92 Å². The topological polar surface area (TPSA) is 64.6 Å². The van der Waals surface area contributed by atoms with Gasteiger partial charge in [-0.05, 0) is 34.2 Å². The molecule has 0 heterocycles. The maximum atomic E-state index is 12.5. The monoisotopic (exact) mass is 439 g/mol. The third-order valence-corrected chi connectivity index (χ3v) is 7.34. The van der Waals surface area contributed by atoms with Gasteiger partial charge in [-0.2, -0.15) is 0 Å². The Labute approximate surface area is 186 Å². The van der Waals surface area contributed by atoms with Crippen LogP contribution in [0.2, 0.25) is 25.7 Å². The van der Waals surface area contributed by atoms with Crippen molar-refractivity contribution in [2.75, 3.05) is 13.2 Å². The Hall–Kier alpha value is -2.60. The van der Waals surface area contributed by atoms with Gasteiger partial charge in [0.1, 0.15) is 12.6 Å². The summed E-state index contributed by atoms with van der Waals surface area (Å²) >= 11 is 0. The molecule has 0 radical (unpaired) electrons. The van der Waals surface area contributed by atoms with Crippen molar-refractivity contribution in [3.8, 4) is 11.1 Å². The molecular weight excluding hydrogens is 406 g/mol. The van der Waals surface area contributed by atoms with Crippen molar-refractivity contribution in [2.45, 2.75) is 51.5 Å². The number of ether oxygens (including phenoxy) is 2. The molecule has 31 heavy (non-hydrogen) atoms. The molecule has 0 fully saturated rings. The Morgan fingerprint density at radius 3 is 2.00 bits per heavy atom. The van der Waals surface area contributed by atoms with E-state index in [0.29, 0.717) is 6.61 Å². The number of carbonyl (C=O) groups excluding carboxylic acids is 2. The molecule has 6 heteroatoms. The van der Waals surface area contributed by atoms with E-state index in [2.05, 4.69) is 49.2 Å². The van der Waals surface area contributed by atoms with Gasteiger partial charge in [-0.1, -0.05) is 82.0 Å². The second-order valence-electron chi connectivity index (χ2n) is 9.67. The minimum Gasteiger partial charge on any atom is -0.464 e. The number of fused-ring (bicyclic) bond motifs is 3. The molecule has 0 aliphatic heterocycles. The zero-order chi connectivity index (χ0) is 22.6. The van der Waals surface area contributed by atoms with Crippen LogP contribution in [0.3, 0.4) is 0 Å². The van der Waals surface area contributed by atoms with Crippen molar-refractivity contribution in [1.29, 1.82) is 0 Å². The lowest BCUT2D eigenvalue weighted by atomic mass is 9.98. The van der Waals surface area contributed by atoms with Gasteiger partial charge in [-0.25, -0.2) is 9.59 Å². The van der Waals surface area contributed by atoms with Crippen molar-refractivity contribution < 1.29 is 19.1 Å². The van der Waals surface area contributed by atoms with Crippen LogP contribution in [0, 0.1) is 5.92 Å². The van der Waals surface area contributed by atoms with Crippen molar-refractivity contribution in [3.63, 3.8) is 0 Å². The number of rotatable bonds is 8. The second kappa shape index (κ2) is 9.69. The third kappa shape index (κ3) is 5.76. The molecule has 0 bridgehead atoms. The average Bonchev–Trinajstić information content (AvgIpc) is 3.03. The summed E-state index contributed by atoms with van der Waals surface area (Å²) in [5.41, 5.74) is 4.67. The van der Waals surface area contributed by atoms with E-state index >= 15 is 0 Å². The molecule has 166 valence electrons. The lowest BCUT2D eigenvalue weighted by Gasteiger charge is -2.22. The average molecular weight is 440 g/mol. The Morgan fingerprint density at radius 2 is 1.48 bits per heavy atom. The highest BCUT2D eigenvalue weighted by molar-refractivity contribution is 6.76. The molecule has 1 atom stereocenters. The number of amides is 1.